The van der Waals surface area contributed by atoms with E-state index >= 15 is 0 Å². The van der Waals surface area contributed by atoms with E-state index in [1.807, 2.05) is 0 Å². The Labute approximate surface area is 175 Å². The quantitative estimate of drug-likeness (QED) is 0.454. The summed E-state index contributed by atoms with van der Waals surface area (Å²) in [7, 11) is 0. The van der Waals surface area contributed by atoms with E-state index in [0.29, 0.717) is 41.5 Å². The highest BCUT2D eigenvalue weighted by Crippen LogP contribution is 2.57. The van der Waals surface area contributed by atoms with Gasteiger partial charge in [0.1, 0.15) is 18.0 Å². The van der Waals surface area contributed by atoms with Gasteiger partial charge in [0, 0.05) is 23.2 Å². The van der Waals surface area contributed by atoms with Crippen LogP contribution in [0.5, 0.6) is 5.75 Å². The van der Waals surface area contributed by atoms with E-state index in [-0.39, 0.29) is 21.9 Å². The summed E-state index contributed by atoms with van der Waals surface area (Å²) in [6.45, 7) is 1.71. The molecule has 0 radical (unpaired) electrons. The second-order valence-electron chi connectivity index (χ2n) is 7.64. The van der Waals surface area contributed by atoms with E-state index in [1.54, 1.807) is 6.07 Å². The van der Waals surface area contributed by atoms with Crippen molar-refractivity contribution in [1.29, 1.82) is 0 Å². The van der Waals surface area contributed by atoms with Gasteiger partial charge in [-0.05, 0) is 30.5 Å². The van der Waals surface area contributed by atoms with Gasteiger partial charge in [0.2, 0.25) is 0 Å². The van der Waals surface area contributed by atoms with Crippen LogP contribution in [0.4, 0.5) is 21.6 Å². The first kappa shape index (κ1) is 19.0. The molecule has 1 saturated carbocycles. The Morgan fingerprint density at radius 3 is 2.93 bits per heavy atom. The largest absolute Gasteiger partial charge is 0.486 e. The summed E-state index contributed by atoms with van der Waals surface area (Å²) in [6, 6.07) is 7.05. The van der Waals surface area contributed by atoms with Crippen LogP contribution in [0.15, 0.2) is 36.7 Å². The van der Waals surface area contributed by atoms with E-state index in [1.165, 1.54) is 30.6 Å². The van der Waals surface area contributed by atoms with Gasteiger partial charge in [-0.15, -0.1) is 0 Å². The topological polar surface area (TPSA) is 99.4 Å². The Morgan fingerprint density at radius 2 is 2.23 bits per heavy atom. The summed E-state index contributed by atoms with van der Waals surface area (Å²) in [4.78, 5) is 19.6. The molecule has 2 heterocycles. The maximum atomic E-state index is 13.4. The fourth-order valence-corrected chi connectivity index (χ4v) is 4.01. The summed E-state index contributed by atoms with van der Waals surface area (Å²) in [5, 5.41) is 15.1. The zero-order valence-electron chi connectivity index (χ0n) is 15.6. The Balaban J connectivity index is 1.48. The lowest BCUT2D eigenvalue weighted by Crippen LogP contribution is -2.17. The van der Waals surface area contributed by atoms with Gasteiger partial charge in [0.05, 0.1) is 40.7 Å². The number of nitrogens with one attached hydrogen (secondary N) is 1. The van der Waals surface area contributed by atoms with Crippen molar-refractivity contribution in [2.75, 3.05) is 25.1 Å². The van der Waals surface area contributed by atoms with E-state index in [4.69, 9.17) is 21.1 Å². The number of aromatic nitrogens is 2. The molecule has 1 saturated heterocycles. The van der Waals surface area contributed by atoms with Crippen molar-refractivity contribution in [3.8, 4) is 5.75 Å². The van der Waals surface area contributed by atoms with Gasteiger partial charge in [-0.1, -0.05) is 11.6 Å². The van der Waals surface area contributed by atoms with E-state index in [2.05, 4.69) is 15.3 Å². The summed E-state index contributed by atoms with van der Waals surface area (Å²) in [5.74, 6) is 0.422. The third-order valence-corrected chi connectivity index (χ3v) is 5.97. The molecule has 0 spiro atoms. The number of anilines is 2. The summed E-state index contributed by atoms with van der Waals surface area (Å²) in [5.41, 5.74) is 0.770. The Morgan fingerprint density at radius 1 is 1.37 bits per heavy atom. The van der Waals surface area contributed by atoms with E-state index < -0.39 is 10.7 Å². The average molecular weight is 431 g/mol. The molecule has 2 atom stereocenters. The lowest BCUT2D eigenvalue weighted by atomic mass is 10.1. The fraction of sp³-hybridized carbons (Fsp3) is 0.300. The van der Waals surface area contributed by atoms with Crippen molar-refractivity contribution in [3.63, 3.8) is 0 Å². The Kier molecular flexibility index (Phi) is 4.44. The van der Waals surface area contributed by atoms with Crippen molar-refractivity contribution in [3.05, 3.63) is 57.6 Å². The maximum absolute atomic E-state index is 13.4. The third-order valence-electron chi connectivity index (χ3n) is 5.68. The smallest absolute Gasteiger partial charge is 0.311 e. The minimum Gasteiger partial charge on any atom is -0.486 e. The van der Waals surface area contributed by atoms with Gasteiger partial charge in [-0.25, -0.2) is 14.4 Å². The highest BCUT2D eigenvalue weighted by Gasteiger charge is 2.59. The zero-order chi connectivity index (χ0) is 20.9. The van der Waals surface area contributed by atoms with E-state index in [9.17, 15) is 14.5 Å². The second kappa shape index (κ2) is 7.03. The molecule has 1 aliphatic carbocycles. The highest BCUT2D eigenvalue weighted by molar-refractivity contribution is 6.31. The van der Waals surface area contributed by atoms with Crippen LogP contribution in [0, 0.1) is 27.3 Å². The van der Waals surface area contributed by atoms with Crippen molar-refractivity contribution in [1.82, 2.24) is 9.97 Å². The number of nitrogens with zero attached hydrogens (tertiary/aromatic N) is 3. The molecule has 2 aliphatic rings. The summed E-state index contributed by atoms with van der Waals surface area (Å²) in [6.07, 6.45) is 2.36. The van der Waals surface area contributed by atoms with Crippen molar-refractivity contribution < 1.29 is 18.8 Å². The van der Waals surface area contributed by atoms with E-state index in [0.717, 1.165) is 13.0 Å². The highest BCUT2D eigenvalue weighted by atomic mass is 35.5. The third kappa shape index (κ3) is 3.29. The van der Waals surface area contributed by atoms with Crippen LogP contribution in [0.1, 0.15) is 6.42 Å². The predicted octanol–water partition coefficient (Wildman–Crippen LogP) is 4.49. The number of hydrogen-bond donors (Lipinski definition) is 1. The van der Waals surface area contributed by atoms with Crippen LogP contribution in [0.25, 0.3) is 10.9 Å². The molecule has 30 heavy (non-hydrogen) atoms. The molecule has 5 rings (SSSR count). The van der Waals surface area contributed by atoms with Gasteiger partial charge in [0.15, 0.2) is 5.75 Å². The Bertz CT molecular complexity index is 1180. The van der Waals surface area contributed by atoms with Crippen LogP contribution in [-0.2, 0) is 4.74 Å². The van der Waals surface area contributed by atoms with Gasteiger partial charge < -0.3 is 14.8 Å². The minimum atomic E-state index is -0.544. The Hall–Kier alpha value is -3.04. The molecule has 3 aromatic rings. The molecular weight excluding hydrogens is 415 g/mol. The van der Waals surface area contributed by atoms with Gasteiger partial charge in [0.25, 0.3) is 0 Å². The number of halogens is 2. The minimum absolute atomic E-state index is 0.0247. The number of benzene rings is 2. The molecule has 10 heteroatoms. The molecule has 0 amide bonds. The lowest BCUT2D eigenvalue weighted by Gasteiger charge is -2.14. The monoisotopic (exact) mass is 430 g/mol. The van der Waals surface area contributed by atoms with Crippen LogP contribution in [0.3, 0.4) is 0 Å². The zero-order valence-corrected chi connectivity index (χ0v) is 16.4. The molecule has 2 aromatic carbocycles. The summed E-state index contributed by atoms with van der Waals surface area (Å²) >= 11 is 5.83. The molecule has 1 aromatic heterocycles. The first-order valence-electron chi connectivity index (χ1n) is 9.31. The van der Waals surface area contributed by atoms with Gasteiger partial charge in [-0.2, -0.15) is 0 Å². The SMILES string of the molecule is O=[N+]([O-])c1cc2c(Nc3ccc(F)c(Cl)c3)ncnc2cc1OC[C@]12COC[C@H]1C2. The normalized spacial score (nSPS) is 22.0. The molecule has 154 valence electrons. The molecule has 2 fully saturated rings. The molecule has 8 nitrogen and oxygen atoms in total. The lowest BCUT2D eigenvalue weighted by molar-refractivity contribution is -0.385. The average Bonchev–Trinajstić information content (AvgIpc) is 3.27. The number of fused-ring (bicyclic) bond motifs is 2. The van der Waals surface area contributed by atoms with Gasteiger partial charge in [-0.3, -0.25) is 10.1 Å². The van der Waals surface area contributed by atoms with Crippen molar-refractivity contribution >= 4 is 39.7 Å². The predicted molar refractivity (Wildman–Crippen MR) is 108 cm³/mol. The molecule has 0 bridgehead atoms. The van der Waals surface area contributed by atoms with Crippen LogP contribution in [0.2, 0.25) is 5.02 Å². The fourth-order valence-electron chi connectivity index (χ4n) is 3.83. The van der Waals surface area contributed by atoms with Crippen molar-refractivity contribution in [2.24, 2.45) is 11.3 Å². The number of hydrogen-bond acceptors (Lipinski definition) is 7. The number of nitro benzene ring substituents is 1. The number of rotatable bonds is 6. The maximum Gasteiger partial charge on any atom is 0.311 e. The molecule has 1 N–H and O–H groups in total. The first-order chi connectivity index (χ1) is 14.4. The first-order valence-corrected chi connectivity index (χ1v) is 9.69. The number of ether oxygens (including phenoxy) is 2. The second-order valence-corrected chi connectivity index (χ2v) is 8.04. The molecule has 0 unspecified atom stereocenters. The van der Waals surface area contributed by atoms with Crippen LogP contribution >= 0.6 is 11.6 Å². The van der Waals surface area contributed by atoms with Gasteiger partial charge >= 0.3 is 5.69 Å². The molecule has 1 aliphatic heterocycles. The number of nitro groups is 1. The summed E-state index contributed by atoms with van der Waals surface area (Å²) < 4.78 is 24.7. The van der Waals surface area contributed by atoms with Crippen molar-refractivity contribution in [2.45, 2.75) is 6.42 Å². The molecular formula is C20H16ClFN4O4. The standard InChI is InChI=1S/C20H16ClFN4O4/c21-14-3-12(1-2-15(14)22)25-19-13-4-17(26(27)28)18(5-16(13)23-10-24-19)30-9-20-6-11(20)7-29-8-20/h1-5,10-11H,6-9H2,(H,23,24,25)/t11-,20+/m1/s1. The van der Waals surface area contributed by atoms with Crippen LogP contribution in [-0.4, -0.2) is 34.7 Å². The van der Waals surface area contributed by atoms with Crippen LogP contribution < -0.4 is 10.1 Å².